The summed E-state index contributed by atoms with van der Waals surface area (Å²) in [4.78, 5) is 20.5. The number of benzene rings is 1. The lowest BCUT2D eigenvalue weighted by molar-refractivity contribution is 0.0935. The molecule has 1 fully saturated rings. The Kier molecular flexibility index (Phi) is 6.01. The third kappa shape index (κ3) is 4.71. The molecule has 152 valence electrons. The molecule has 6 nitrogen and oxygen atoms in total. The number of hydrogen-bond acceptors (Lipinski definition) is 5. The van der Waals surface area contributed by atoms with Crippen LogP contribution in [0.2, 0.25) is 0 Å². The van der Waals surface area contributed by atoms with E-state index in [0.29, 0.717) is 24.0 Å². The van der Waals surface area contributed by atoms with E-state index in [2.05, 4.69) is 27.2 Å². The van der Waals surface area contributed by atoms with Gasteiger partial charge in [-0.2, -0.15) is 0 Å². The summed E-state index contributed by atoms with van der Waals surface area (Å²) in [5, 5.41) is 9.32. The molecule has 2 aromatic heterocycles. The molecule has 8 heteroatoms. The van der Waals surface area contributed by atoms with E-state index in [0.717, 1.165) is 24.5 Å². The number of carbonyl (C=O) groups excluding carboxylic acids is 1. The van der Waals surface area contributed by atoms with Crippen LogP contribution in [-0.2, 0) is 0 Å². The number of likely N-dealkylation sites (tertiary alicyclic amines) is 1. The second-order valence-electron chi connectivity index (χ2n) is 7.45. The SMILES string of the molecule is CC(CNC(=O)c1nc(-c2cccs2)n(-c2ccc(F)cc2)n1)CN1CCCC1. The van der Waals surface area contributed by atoms with Crippen LogP contribution in [0.4, 0.5) is 4.39 Å². The van der Waals surface area contributed by atoms with E-state index in [1.807, 2.05) is 17.5 Å². The minimum absolute atomic E-state index is 0.117. The summed E-state index contributed by atoms with van der Waals surface area (Å²) in [6.07, 6.45) is 2.52. The zero-order valence-corrected chi connectivity index (χ0v) is 17.2. The first-order valence-corrected chi connectivity index (χ1v) is 10.8. The van der Waals surface area contributed by atoms with Crippen LogP contribution in [0.3, 0.4) is 0 Å². The molecule has 0 saturated carbocycles. The highest BCUT2D eigenvalue weighted by atomic mass is 32.1. The van der Waals surface area contributed by atoms with Crippen molar-refractivity contribution < 1.29 is 9.18 Å². The lowest BCUT2D eigenvalue weighted by Gasteiger charge is -2.20. The molecule has 29 heavy (non-hydrogen) atoms. The lowest BCUT2D eigenvalue weighted by Crippen LogP contribution is -2.34. The molecular weight excluding hydrogens is 389 g/mol. The van der Waals surface area contributed by atoms with Crippen molar-refractivity contribution in [3.63, 3.8) is 0 Å². The molecule has 1 N–H and O–H groups in total. The van der Waals surface area contributed by atoms with Gasteiger partial charge in [-0.05, 0) is 67.6 Å². The standard InChI is InChI=1S/C21H24FN5OS/c1-15(14-26-10-2-3-11-26)13-23-21(28)19-24-20(18-5-4-12-29-18)27(25-19)17-8-6-16(22)7-9-17/h4-9,12,15H,2-3,10-11,13-14H2,1H3,(H,23,28). The molecule has 3 aromatic rings. The smallest absolute Gasteiger partial charge is 0.291 e. The molecule has 0 spiro atoms. The van der Waals surface area contributed by atoms with Crippen LogP contribution in [0, 0.1) is 11.7 Å². The van der Waals surface area contributed by atoms with Crippen LogP contribution in [0.1, 0.15) is 30.4 Å². The van der Waals surface area contributed by atoms with Crippen molar-refractivity contribution >= 4 is 17.2 Å². The molecule has 1 saturated heterocycles. The molecule has 3 heterocycles. The molecular formula is C21H24FN5OS. The Bertz CT molecular complexity index is 948. The van der Waals surface area contributed by atoms with Gasteiger partial charge in [-0.1, -0.05) is 13.0 Å². The molecule has 1 aromatic carbocycles. The Morgan fingerprint density at radius 1 is 1.24 bits per heavy atom. The molecule has 1 unspecified atom stereocenters. The van der Waals surface area contributed by atoms with Gasteiger partial charge in [0.15, 0.2) is 5.82 Å². The van der Waals surface area contributed by atoms with E-state index in [4.69, 9.17) is 0 Å². The van der Waals surface area contributed by atoms with Crippen molar-refractivity contribution in [1.82, 2.24) is 25.0 Å². The third-order valence-corrected chi connectivity index (χ3v) is 5.87. The second-order valence-corrected chi connectivity index (χ2v) is 8.40. The first-order chi connectivity index (χ1) is 14.1. The third-order valence-electron chi connectivity index (χ3n) is 5.00. The average molecular weight is 414 g/mol. The Morgan fingerprint density at radius 2 is 2.00 bits per heavy atom. The minimum atomic E-state index is -0.323. The minimum Gasteiger partial charge on any atom is -0.349 e. The van der Waals surface area contributed by atoms with E-state index in [-0.39, 0.29) is 17.5 Å². The lowest BCUT2D eigenvalue weighted by atomic mass is 10.1. The molecule has 1 amide bonds. The highest BCUT2D eigenvalue weighted by Crippen LogP contribution is 2.25. The number of nitrogens with one attached hydrogen (secondary N) is 1. The van der Waals surface area contributed by atoms with E-state index in [1.54, 1.807) is 16.8 Å². The second kappa shape index (κ2) is 8.84. The van der Waals surface area contributed by atoms with Gasteiger partial charge in [0.1, 0.15) is 5.82 Å². The highest BCUT2D eigenvalue weighted by Gasteiger charge is 2.20. The Hall–Kier alpha value is -2.58. The van der Waals surface area contributed by atoms with Crippen LogP contribution in [0.5, 0.6) is 0 Å². The quantitative estimate of drug-likeness (QED) is 0.643. The van der Waals surface area contributed by atoms with Crippen molar-refractivity contribution in [2.24, 2.45) is 5.92 Å². The van der Waals surface area contributed by atoms with Gasteiger partial charge in [0.05, 0.1) is 10.6 Å². The summed E-state index contributed by atoms with van der Waals surface area (Å²) in [5.41, 5.74) is 0.656. The molecule has 1 aliphatic rings. The fourth-order valence-corrected chi connectivity index (χ4v) is 4.25. The maximum Gasteiger partial charge on any atom is 0.291 e. The number of rotatable bonds is 7. The van der Waals surface area contributed by atoms with Crippen molar-refractivity contribution in [2.45, 2.75) is 19.8 Å². The summed E-state index contributed by atoms with van der Waals surface area (Å²) in [6, 6.07) is 9.84. The fourth-order valence-electron chi connectivity index (χ4n) is 3.55. The average Bonchev–Trinajstić information content (AvgIpc) is 3.47. The Balaban J connectivity index is 1.50. The molecule has 0 aliphatic carbocycles. The normalized spacial score (nSPS) is 15.5. The van der Waals surface area contributed by atoms with Gasteiger partial charge in [0.2, 0.25) is 5.82 Å². The van der Waals surface area contributed by atoms with Crippen molar-refractivity contribution in [3.8, 4) is 16.4 Å². The van der Waals surface area contributed by atoms with E-state index in [9.17, 15) is 9.18 Å². The van der Waals surface area contributed by atoms with Crippen LogP contribution >= 0.6 is 11.3 Å². The summed E-state index contributed by atoms with van der Waals surface area (Å²) in [6.45, 7) is 5.99. The highest BCUT2D eigenvalue weighted by molar-refractivity contribution is 7.13. The van der Waals surface area contributed by atoms with Crippen molar-refractivity contribution in [2.75, 3.05) is 26.2 Å². The zero-order valence-electron chi connectivity index (χ0n) is 16.3. The zero-order chi connectivity index (χ0) is 20.2. The topological polar surface area (TPSA) is 63.1 Å². The van der Waals surface area contributed by atoms with Gasteiger partial charge in [-0.3, -0.25) is 4.79 Å². The first kappa shape index (κ1) is 19.7. The number of thiophene rings is 1. The predicted molar refractivity (Wildman–Crippen MR) is 112 cm³/mol. The number of halogens is 1. The predicted octanol–water partition coefficient (Wildman–Crippen LogP) is 3.60. The number of nitrogens with zero attached hydrogens (tertiary/aromatic N) is 4. The first-order valence-electron chi connectivity index (χ1n) is 9.87. The van der Waals surface area contributed by atoms with Gasteiger partial charge >= 0.3 is 0 Å². The summed E-state index contributed by atoms with van der Waals surface area (Å²) < 4.78 is 14.9. The van der Waals surface area contributed by atoms with E-state index < -0.39 is 0 Å². The summed E-state index contributed by atoms with van der Waals surface area (Å²) in [7, 11) is 0. The number of amides is 1. The maximum atomic E-state index is 13.3. The summed E-state index contributed by atoms with van der Waals surface area (Å²) >= 11 is 1.51. The molecule has 0 radical (unpaired) electrons. The van der Waals surface area contributed by atoms with E-state index >= 15 is 0 Å². The van der Waals surface area contributed by atoms with Gasteiger partial charge < -0.3 is 10.2 Å². The molecule has 1 aliphatic heterocycles. The van der Waals surface area contributed by atoms with Crippen molar-refractivity contribution in [1.29, 1.82) is 0 Å². The monoisotopic (exact) mass is 413 g/mol. The van der Waals surface area contributed by atoms with Crippen LogP contribution < -0.4 is 5.32 Å². The largest absolute Gasteiger partial charge is 0.349 e. The van der Waals surface area contributed by atoms with Gasteiger partial charge in [0.25, 0.3) is 5.91 Å². The van der Waals surface area contributed by atoms with E-state index in [1.165, 1.54) is 36.3 Å². The van der Waals surface area contributed by atoms with Gasteiger partial charge in [-0.25, -0.2) is 14.1 Å². The van der Waals surface area contributed by atoms with Gasteiger partial charge in [-0.15, -0.1) is 16.4 Å². The number of hydrogen-bond donors (Lipinski definition) is 1. The van der Waals surface area contributed by atoms with Crippen LogP contribution in [-0.4, -0.2) is 51.8 Å². The Morgan fingerprint density at radius 3 is 2.69 bits per heavy atom. The Labute approximate surface area is 173 Å². The van der Waals surface area contributed by atoms with Gasteiger partial charge in [0, 0.05) is 13.1 Å². The van der Waals surface area contributed by atoms with Crippen LogP contribution in [0.15, 0.2) is 41.8 Å². The molecule has 1 atom stereocenters. The van der Waals surface area contributed by atoms with Crippen molar-refractivity contribution in [3.05, 3.63) is 53.4 Å². The fraction of sp³-hybridized carbons (Fsp3) is 0.381. The number of carbonyl (C=O) groups is 1. The van der Waals surface area contributed by atoms with Crippen LogP contribution in [0.25, 0.3) is 16.4 Å². The maximum absolute atomic E-state index is 13.3. The summed E-state index contributed by atoms with van der Waals surface area (Å²) in [5.74, 6) is 0.425. The molecule has 4 rings (SSSR count). The number of aromatic nitrogens is 3. The molecule has 0 bridgehead atoms.